The summed E-state index contributed by atoms with van der Waals surface area (Å²) >= 11 is 3.42. The van der Waals surface area contributed by atoms with E-state index in [1.54, 1.807) is 0 Å². The molecule has 0 saturated heterocycles. The van der Waals surface area contributed by atoms with Crippen LogP contribution >= 0.6 is 23.9 Å². The smallest absolute Gasteiger partial charge is 0.178 e. The molecule has 3 nitrogen and oxygen atoms in total. The Morgan fingerprint density at radius 2 is 1.50 bits per heavy atom. The first-order chi connectivity index (χ1) is 8.65. The second kappa shape index (κ2) is 8.23. The van der Waals surface area contributed by atoms with Gasteiger partial charge in [-0.15, -0.1) is 0 Å². The molecular formula is C13H21BrO3P+. The molecule has 0 fully saturated rings. The molecule has 0 N–H and O–H groups in total. The summed E-state index contributed by atoms with van der Waals surface area (Å²) in [5.41, 5.74) is 1.12. The highest BCUT2D eigenvalue weighted by Gasteiger charge is 2.42. The maximum atomic E-state index is 5.94. The summed E-state index contributed by atoms with van der Waals surface area (Å²) in [6.07, 6.45) is 0.769. The first-order valence-corrected chi connectivity index (χ1v) is 8.74. The quantitative estimate of drug-likeness (QED) is 0.637. The van der Waals surface area contributed by atoms with E-state index < -0.39 is 7.94 Å². The van der Waals surface area contributed by atoms with Gasteiger partial charge < -0.3 is 0 Å². The van der Waals surface area contributed by atoms with Gasteiger partial charge in [0, 0.05) is 4.47 Å². The lowest BCUT2D eigenvalue weighted by molar-refractivity contribution is 0.141. The van der Waals surface area contributed by atoms with Gasteiger partial charge in [-0.2, -0.15) is 13.6 Å². The normalized spacial score (nSPS) is 11.8. The Morgan fingerprint density at radius 1 is 0.944 bits per heavy atom. The van der Waals surface area contributed by atoms with Crippen molar-refractivity contribution in [1.82, 2.24) is 0 Å². The van der Waals surface area contributed by atoms with Gasteiger partial charge in [0.15, 0.2) is 0 Å². The number of benzene rings is 1. The minimum atomic E-state index is -2.17. The van der Waals surface area contributed by atoms with Crippen LogP contribution in [0.2, 0.25) is 0 Å². The molecule has 0 aliphatic rings. The Hall–Kier alpha value is 0.0100. The van der Waals surface area contributed by atoms with Gasteiger partial charge in [-0.3, -0.25) is 0 Å². The van der Waals surface area contributed by atoms with Crippen molar-refractivity contribution in [2.24, 2.45) is 0 Å². The van der Waals surface area contributed by atoms with Crippen LogP contribution in [0.3, 0.4) is 0 Å². The molecule has 102 valence electrons. The second-order valence-corrected chi connectivity index (χ2v) is 7.21. The third kappa shape index (κ3) is 4.94. The standard InChI is InChI=1S/C13H21BrO3P/c1-4-15-18(6-3,16-5-2)17-11-12-7-9-13(14)10-8-12/h7-10H,4-6,11H2,1-3H3/q+1. The van der Waals surface area contributed by atoms with Crippen LogP contribution in [0.1, 0.15) is 26.3 Å². The van der Waals surface area contributed by atoms with Gasteiger partial charge in [0.25, 0.3) is 0 Å². The fraction of sp³-hybridized carbons (Fsp3) is 0.538. The van der Waals surface area contributed by atoms with E-state index in [1.807, 2.05) is 45.0 Å². The SMILES string of the molecule is CCO[P+](CC)(OCC)OCc1ccc(Br)cc1. The second-order valence-electron chi connectivity index (χ2n) is 3.66. The van der Waals surface area contributed by atoms with E-state index in [2.05, 4.69) is 15.9 Å². The van der Waals surface area contributed by atoms with Gasteiger partial charge >= 0.3 is 7.94 Å². The Bertz CT molecular complexity index is 337. The van der Waals surface area contributed by atoms with Gasteiger partial charge in [0.1, 0.15) is 12.8 Å². The van der Waals surface area contributed by atoms with Crippen molar-refractivity contribution >= 4 is 23.9 Å². The van der Waals surface area contributed by atoms with E-state index in [4.69, 9.17) is 13.6 Å². The van der Waals surface area contributed by atoms with Crippen molar-refractivity contribution in [1.29, 1.82) is 0 Å². The van der Waals surface area contributed by atoms with Gasteiger partial charge in [-0.25, -0.2) is 0 Å². The average molecular weight is 336 g/mol. The molecule has 0 radical (unpaired) electrons. The maximum absolute atomic E-state index is 5.94. The van der Waals surface area contributed by atoms with Crippen molar-refractivity contribution in [3.8, 4) is 0 Å². The molecule has 0 aliphatic carbocycles. The lowest BCUT2D eigenvalue weighted by atomic mass is 10.2. The summed E-state index contributed by atoms with van der Waals surface area (Å²) in [4.78, 5) is 0. The first kappa shape index (κ1) is 16.1. The molecule has 0 unspecified atom stereocenters. The summed E-state index contributed by atoms with van der Waals surface area (Å²) in [5, 5.41) is 0. The number of hydrogen-bond donors (Lipinski definition) is 0. The summed E-state index contributed by atoms with van der Waals surface area (Å²) < 4.78 is 18.4. The highest BCUT2D eigenvalue weighted by molar-refractivity contribution is 9.10. The summed E-state index contributed by atoms with van der Waals surface area (Å²) in [7, 11) is -2.17. The molecule has 1 aromatic rings. The molecule has 1 aromatic carbocycles. The Kier molecular flexibility index (Phi) is 7.35. The van der Waals surface area contributed by atoms with Crippen LogP contribution in [0, 0.1) is 0 Å². The van der Waals surface area contributed by atoms with E-state index in [1.165, 1.54) is 0 Å². The summed E-state index contributed by atoms with van der Waals surface area (Å²) in [6, 6.07) is 8.08. The molecule has 0 bridgehead atoms. The summed E-state index contributed by atoms with van der Waals surface area (Å²) in [5.74, 6) is 0. The largest absolute Gasteiger partial charge is 0.411 e. The van der Waals surface area contributed by atoms with Gasteiger partial charge in [0.2, 0.25) is 0 Å². The fourth-order valence-corrected chi connectivity index (χ4v) is 3.70. The van der Waals surface area contributed by atoms with Crippen LogP contribution in [0.15, 0.2) is 28.7 Å². The molecular weight excluding hydrogens is 315 g/mol. The molecule has 0 heterocycles. The van der Waals surface area contributed by atoms with Crippen molar-refractivity contribution in [2.45, 2.75) is 27.4 Å². The molecule has 0 amide bonds. The topological polar surface area (TPSA) is 27.7 Å². The van der Waals surface area contributed by atoms with Gasteiger partial charge in [0.05, 0.1) is 13.2 Å². The fourth-order valence-electron chi connectivity index (χ4n) is 1.53. The minimum absolute atomic E-state index is 0.523. The van der Waals surface area contributed by atoms with E-state index in [9.17, 15) is 0 Å². The van der Waals surface area contributed by atoms with Crippen LogP contribution < -0.4 is 0 Å². The number of hydrogen-bond acceptors (Lipinski definition) is 3. The van der Waals surface area contributed by atoms with Crippen LogP contribution in [0.5, 0.6) is 0 Å². The molecule has 0 atom stereocenters. The van der Waals surface area contributed by atoms with Gasteiger partial charge in [-0.05, 0) is 38.5 Å². The van der Waals surface area contributed by atoms with Crippen LogP contribution in [-0.2, 0) is 20.2 Å². The molecule has 5 heteroatoms. The van der Waals surface area contributed by atoms with Crippen molar-refractivity contribution in [3.05, 3.63) is 34.3 Å². The maximum Gasteiger partial charge on any atom is 0.411 e. The lowest BCUT2D eigenvalue weighted by Gasteiger charge is -2.20. The van der Waals surface area contributed by atoms with E-state index >= 15 is 0 Å². The van der Waals surface area contributed by atoms with E-state index in [0.717, 1.165) is 16.2 Å². The van der Waals surface area contributed by atoms with Crippen molar-refractivity contribution in [3.63, 3.8) is 0 Å². The number of halogens is 1. The zero-order chi connectivity index (χ0) is 13.4. The number of rotatable bonds is 8. The predicted molar refractivity (Wildman–Crippen MR) is 79.6 cm³/mol. The van der Waals surface area contributed by atoms with Crippen molar-refractivity contribution < 1.29 is 13.6 Å². The minimum Gasteiger partial charge on any atom is -0.178 e. The Labute approximate surface area is 119 Å². The zero-order valence-electron chi connectivity index (χ0n) is 11.2. The summed E-state index contributed by atoms with van der Waals surface area (Å²) in [6.45, 7) is 7.72. The monoisotopic (exact) mass is 335 g/mol. The highest BCUT2D eigenvalue weighted by Crippen LogP contribution is 2.62. The van der Waals surface area contributed by atoms with Crippen LogP contribution in [0.4, 0.5) is 0 Å². The average Bonchev–Trinajstić information content (AvgIpc) is 2.38. The zero-order valence-corrected chi connectivity index (χ0v) is 13.7. The lowest BCUT2D eigenvalue weighted by Crippen LogP contribution is -2.09. The van der Waals surface area contributed by atoms with Crippen LogP contribution in [0.25, 0.3) is 0 Å². The van der Waals surface area contributed by atoms with Crippen LogP contribution in [-0.4, -0.2) is 19.4 Å². The Balaban J connectivity index is 2.63. The molecule has 1 rings (SSSR count). The highest BCUT2D eigenvalue weighted by atomic mass is 79.9. The third-order valence-electron chi connectivity index (χ3n) is 2.38. The third-order valence-corrected chi connectivity index (χ3v) is 5.51. The molecule has 0 saturated carbocycles. The molecule has 0 aromatic heterocycles. The Morgan fingerprint density at radius 3 is 1.94 bits per heavy atom. The predicted octanol–water partition coefficient (Wildman–Crippen LogP) is 4.82. The first-order valence-electron chi connectivity index (χ1n) is 6.22. The molecule has 0 aliphatic heterocycles. The van der Waals surface area contributed by atoms with E-state index in [-0.39, 0.29) is 0 Å². The molecule has 18 heavy (non-hydrogen) atoms. The van der Waals surface area contributed by atoms with Gasteiger partial charge in [-0.1, -0.05) is 28.1 Å². The van der Waals surface area contributed by atoms with E-state index in [0.29, 0.717) is 19.8 Å². The molecule has 0 spiro atoms. The van der Waals surface area contributed by atoms with Crippen molar-refractivity contribution in [2.75, 3.05) is 19.4 Å².